The Morgan fingerprint density at radius 3 is 2.44 bits per heavy atom. The van der Waals surface area contributed by atoms with E-state index >= 15 is 0 Å². The van der Waals surface area contributed by atoms with Gasteiger partial charge >= 0.3 is 10.1 Å². The van der Waals surface area contributed by atoms with Crippen molar-refractivity contribution in [3.8, 4) is 11.8 Å². The van der Waals surface area contributed by atoms with Gasteiger partial charge in [-0.2, -0.15) is 13.7 Å². The molecule has 0 fully saturated rings. The lowest BCUT2D eigenvalue weighted by Gasteiger charge is -2.08. The largest absolute Gasteiger partial charge is 0.379 e. The molecule has 0 bridgehead atoms. The lowest BCUT2D eigenvalue weighted by atomic mass is 10.1. The van der Waals surface area contributed by atoms with Crippen molar-refractivity contribution in [2.75, 3.05) is 5.32 Å². The summed E-state index contributed by atoms with van der Waals surface area (Å²) in [4.78, 5) is 22.2. The van der Waals surface area contributed by atoms with E-state index in [2.05, 4.69) is 5.32 Å². The van der Waals surface area contributed by atoms with Crippen LogP contribution in [0.15, 0.2) is 77.2 Å². The van der Waals surface area contributed by atoms with E-state index in [1.165, 1.54) is 54.6 Å². The number of nitriles is 1. The number of nitrogens with one attached hydrogen (secondary N) is 1. The molecule has 0 aliphatic heterocycles. The summed E-state index contributed by atoms with van der Waals surface area (Å²) in [5, 5.41) is 23.3. The molecule has 9 nitrogen and oxygen atoms in total. The van der Waals surface area contributed by atoms with E-state index in [0.717, 1.165) is 12.1 Å². The van der Waals surface area contributed by atoms with E-state index in [1.54, 1.807) is 12.1 Å². The van der Waals surface area contributed by atoms with Crippen molar-refractivity contribution in [3.63, 3.8) is 0 Å². The molecule has 0 aliphatic carbocycles. The first-order valence-electron chi connectivity index (χ1n) is 9.26. The number of carbonyl (C=O) groups excluding carboxylic acids is 1. The third kappa shape index (κ3) is 6.11. The van der Waals surface area contributed by atoms with Crippen LogP contribution in [-0.2, 0) is 14.9 Å². The predicted octanol–water partition coefficient (Wildman–Crippen LogP) is 5.21. The van der Waals surface area contributed by atoms with Gasteiger partial charge in [0.15, 0.2) is 0 Å². The average molecular weight is 518 g/mol. The second kappa shape index (κ2) is 10.4. The van der Waals surface area contributed by atoms with Gasteiger partial charge in [0, 0.05) is 17.2 Å². The Morgan fingerprint density at radius 2 is 1.79 bits per heavy atom. The Balaban J connectivity index is 1.77. The summed E-state index contributed by atoms with van der Waals surface area (Å²) in [7, 11) is -4.33. The van der Waals surface area contributed by atoms with Crippen LogP contribution in [0, 0.1) is 21.4 Å². The minimum absolute atomic E-state index is 0.0719. The maximum absolute atomic E-state index is 12.4. The van der Waals surface area contributed by atoms with Gasteiger partial charge in [0.05, 0.1) is 15.6 Å². The monoisotopic (exact) mass is 517 g/mol. The highest BCUT2D eigenvalue weighted by atomic mass is 35.5. The van der Waals surface area contributed by atoms with Crippen molar-refractivity contribution >= 4 is 56.7 Å². The smallest absolute Gasteiger partial charge is 0.339 e. The molecule has 1 amide bonds. The van der Waals surface area contributed by atoms with Crippen molar-refractivity contribution in [3.05, 3.63) is 98.0 Å². The van der Waals surface area contributed by atoms with E-state index in [1.807, 2.05) is 0 Å². The molecule has 0 aliphatic rings. The molecule has 3 aromatic rings. The van der Waals surface area contributed by atoms with E-state index in [-0.39, 0.29) is 26.9 Å². The van der Waals surface area contributed by atoms with Crippen LogP contribution in [0.4, 0.5) is 11.4 Å². The minimum atomic E-state index is -4.33. The highest BCUT2D eigenvalue weighted by Crippen LogP contribution is 2.26. The van der Waals surface area contributed by atoms with Gasteiger partial charge in [0.2, 0.25) is 0 Å². The Labute approximate surface area is 204 Å². The molecule has 3 aromatic carbocycles. The summed E-state index contributed by atoms with van der Waals surface area (Å²) >= 11 is 11.9. The standard InChI is InChI=1S/C22H13Cl2N3O6S/c23-16-6-9-20(24)21(11-16)26-22(28)15(13-25)10-14-4-7-18(8-5-14)33-34(31,32)19-3-1-2-17(12-19)27(29)30/h1-12H,(H,26,28)/b15-10-. The molecular formula is C22H13Cl2N3O6S. The molecule has 172 valence electrons. The SMILES string of the molecule is N#C/C(=C/c1ccc(OS(=O)(=O)c2cccc([N+](=O)[O-])c2)cc1)C(=O)Nc1cc(Cl)ccc1Cl. The summed E-state index contributed by atoms with van der Waals surface area (Å²) in [5.41, 5.74) is -0.000124. The second-order valence-corrected chi connectivity index (χ2v) is 9.00. The number of hydrogen-bond donors (Lipinski definition) is 1. The number of nitro groups is 1. The third-order valence-electron chi connectivity index (χ3n) is 4.26. The zero-order valence-corrected chi connectivity index (χ0v) is 19.3. The predicted molar refractivity (Wildman–Crippen MR) is 126 cm³/mol. The van der Waals surface area contributed by atoms with Crippen LogP contribution >= 0.6 is 23.2 Å². The number of carbonyl (C=O) groups is 1. The lowest BCUT2D eigenvalue weighted by Crippen LogP contribution is -2.13. The summed E-state index contributed by atoms with van der Waals surface area (Å²) in [6.07, 6.45) is 1.28. The summed E-state index contributed by atoms with van der Waals surface area (Å²) in [5.74, 6) is -0.794. The molecular weight excluding hydrogens is 505 g/mol. The maximum atomic E-state index is 12.4. The maximum Gasteiger partial charge on any atom is 0.339 e. The molecule has 34 heavy (non-hydrogen) atoms. The van der Waals surface area contributed by atoms with Crippen LogP contribution in [0.5, 0.6) is 5.75 Å². The van der Waals surface area contributed by atoms with Gasteiger partial charge in [-0.25, -0.2) is 0 Å². The summed E-state index contributed by atoms with van der Waals surface area (Å²) < 4.78 is 29.9. The van der Waals surface area contributed by atoms with Crippen molar-refractivity contribution < 1.29 is 22.3 Å². The van der Waals surface area contributed by atoms with E-state index < -0.39 is 26.6 Å². The van der Waals surface area contributed by atoms with Gasteiger partial charge in [-0.15, -0.1) is 0 Å². The first kappa shape index (κ1) is 24.7. The van der Waals surface area contributed by atoms with Gasteiger partial charge in [0.1, 0.15) is 22.3 Å². The molecule has 0 spiro atoms. The van der Waals surface area contributed by atoms with E-state index in [0.29, 0.717) is 10.6 Å². The number of benzene rings is 3. The minimum Gasteiger partial charge on any atom is -0.379 e. The fraction of sp³-hybridized carbons (Fsp3) is 0. The molecule has 0 atom stereocenters. The number of non-ortho nitro benzene ring substituents is 1. The Morgan fingerprint density at radius 1 is 1.09 bits per heavy atom. The van der Waals surface area contributed by atoms with E-state index in [4.69, 9.17) is 27.4 Å². The third-order valence-corrected chi connectivity index (χ3v) is 6.06. The molecule has 0 aromatic heterocycles. The fourth-order valence-electron chi connectivity index (χ4n) is 2.65. The van der Waals surface area contributed by atoms with Crippen LogP contribution < -0.4 is 9.50 Å². The van der Waals surface area contributed by atoms with Gasteiger partial charge in [-0.1, -0.05) is 41.4 Å². The van der Waals surface area contributed by atoms with Gasteiger partial charge < -0.3 is 9.50 Å². The van der Waals surface area contributed by atoms with Crippen LogP contribution in [0.3, 0.4) is 0 Å². The van der Waals surface area contributed by atoms with Crippen molar-refractivity contribution in [1.82, 2.24) is 0 Å². The number of anilines is 1. The summed E-state index contributed by atoms with van der Waals surface area (Å²) in [6.45, 7) is 0. The highest BCUT2D eigenvalue weighted by Gasteiger charge is 2.20. The topological polar surface area (TPSA) is 139 Å². The van der Waals surface area contributed by atoms with Crippen molar-refractivity contribution in [1.29, 1.82) is 5.26 Å². The zero-order valence-electron chi connectivity index (χ0n) is 16.9. The molecule has 0 radical (unpaired) electrons. The molecule has 3 rings (SSSR count). The highest BCUT2D eigenvalue weighted by molar-refractivity contribution is 7.87. The zero-order chi connectivity index (χ0) is 24.9. The van der Waals surface area contributed by atoms with Gasteiger partial charge in [0.25, 0.3) is 11.6 Å². The van der Waals surface area contributed by atoms with Crippen LogP contribution in [-0.4, -0.2) is 19.2 Å². The average Bonchev–Trinajstić information content (AvgIpc) is 2.80. The van der Waals surface area contributed by atoms with Crippen molar-refractivity contribution in [2.45, 2.75) is 4.90 Å². The Bertz CT molecular complexity index is 1450. The normalized spacial score (nSPS) is 11.4. The van der Waals surface area contributed by atoms with E-state index in [9.17, 15) is 28.6 Å². The number of nitrogens with zero attached hydrogens (tertiary/aromatic N) is 2. The van der Waals surface area contributed by atoms with Gasteiger partial charge in [-0.05, 0) is 48.0 Å². The Hall–Kier alpha value is -3.91. The molecule has 12 heteroatoms. The van der Waals surface area contributed by atoms with Gasteiger partial charge in [-0.3, -0.25) is 14.9 Å². The second-order valence-electron chi connectivity index (χ2n) is 6.61. The quantitative estimate of drug-likeness (QED) is 0.149. The number of amides is 1. The first-order chi connectivity index (χ1) is 16.1. The molecule has 0 saturated heterocycles. The summed E-state index contributed by atoms with van der Waals surface area (Å²) in [6, 6.07) is 16.2. The molecule has 0 heterocycles. The fourth-order valence-corrected chi connectivity index (χ4v) is 3.95. The Kier molecular flexibility index (Phi) is 7.53. The van der Waals surface area contributed by atoms with Crippen LogP contribution in [0.1, 0.15) is 5.56 Å². The van der Waals surface area contributed by atoms with Crippen LogP contribution in [0.25, 0.3) is 6.08 Å². The number of hydrogen-bond acceptors (Lipinski definition) is 7. The molecule has 0 saturated carbocycles. The van der Waals surface area contributed by atoms with Crippen LogP contribution in [0.2, 0.25) is 10.0 Å². The lowest BCUT2D eigenvalue weighted by molar-refractivity contribution is -0.385. The first-order valence-corrected chi connectivity index (χ1v) is 11.4. The number of rotatable bonds is 7. The number of halogens is 2. The number of nitro benzene ring substituents is 1. The molecule has 1 N–H and O–H groups in total. The molecule has 0 unspecified atom stereocenters. The van der Waals surface area contributed by atoms with Crippen molar-refractivity contribution in [2.24, 2.45) is 0 Å².